The van der Waals surface area contributed by atoms with Crippen LogP contribution >= 0.6 is 0 Å². The summed E-state index contributed by atoms with van der Waals surface area (Å²) in [6, 6.07) is 11.0. The molecule has 2 aromatic rings. The van der Waals surface area contributed by atoms with Gasteiger partial charge in [-0.15, -0.1) is 0 Å². The fraction of sp³-hybridized carbons (Fsp3) is 0.278. The Morgan fingerprint density at radius 2 is 1.81 bits per heavy atom. The highest BCUT2D eigenvalue weighted by Gasteiger charge is 2.17. The number of rotatable bonds is 6. The second kappa shape index (κ2) is 7.84. The van der Waals surface area contributed by atoms with Gasteiger partial charge in [0.05, 0.1) is 4.90 Å². The zero-order valence-electron chi connectivity index (χ0n) is 14.0. The average Bonchev–Trinajstić information content (AvgIpc) is 3.15. The molecule has 3 N–H and O–H groups in total. The Hall–Kier alpha value is -2.45. The lowest BCUT2D eigenvalue weighted by Gasteiger charge is -2.12. The standard InChI is InChI=1S/C18H20FN3O3S/c19-14-5-7-15(8-6-14)22-26(24,25)17-9-3-13(4-10-17)18(23)21-12-16-2-1-11-20-16/h3-10,16,20,22H,1-2,11-12H2,(H,21,23). The van der Waals surface area contributed by atoms with Crippen molar-refractivity contribution in [3.8, 4) is 0 Å². The number of benzene rings is 2. The molecule has 1 aliphatic heterocycles. The quantitative estimate of drug-likeness (QED) is 0.720. The van der Waals surface area contributed by atoms with E-state index in [0.717, 1.165) is 19.4 Å². The fourth-order valence-electron chi connectivity index (χ4n) is 2.77. The minimum absolute atomic E-state index is 0.0239. The maximum atomic E-state index is 12.9. The molecule has 1 heterocycles. The van der Waals surface area contributed by atoms with E-state index in [2.05, 4.69) is 15.4 Å². The number of hydrogen-bond donors (Lipinski definition) is 3. The summed E-state index contributed by atoms with van der Waals surface area (Å²) in [7, 11) is -3.81. The van der Waals surface area contributed by atoms with E-state index >= 15 is 0 Å². The first-order chi connectivity index (χ1) is 12.4. The maximum absolute atomic E-state index is 12.9. The molecule has 2 aromatic carbocycles. The van der Waals surface area contributed by atoms with Gasteiger partial charge in [-0.2, -0.15) is 0 Å². The van der Waals surface area contributed by atoms with Gasteiger partial charge in [0.15, 0.2) is 0 Å². The molecule has 1 atom stereocenters. The monoisotopic (exact) mass is 377 g/mol. The van der Waals surface area contributed by atoms with Crippen LogP contribution in [-0.2, 0) is 10.0 Å². The first-order valence-corrected chi connectivity index (χ1v) is 9.82. The van der Waals surface area contributed by atoms with E-state index in [-0.39, 0.29) is 16.5 Å². The van der Waals surface area contributed by atoms with Crippen molar-refractivity contribution in [3.63, 3.8) is 0 Å². The molecule has 0 saturated carbocycles. The molecule has 0 radical (unpaired) electrons. The molecule has 1 amide bonds. The number of hydrogen-bond acceptors (Lipinski definition) is 4. The number of carbonyl (C=O) groups is 1. The van der Waals surface area contributed by atoms with Crippen molar-refractivity contribution in [1.29, 1.82) is 0 Å². The van der Waals surface area contributed by atoms with Crippen molar-refractivity contribution in [3.05, 3.63) is 59.9 Å². The van der Waals surface area contributed by atoms with Gasteiger partial charge in [0.2, 0.25) is 0 Å². The normalized spacial score (nSPS) is 17.0. The second-order valence-corrected chi connectivity index (χ2v) is 7.82. The van der Waals surface area contributed by atoms with Gasteiger partial charge < -0.3 is 10.6 Å². The van der Waals surface area contributed by atoms with Crippen LogP contribution in [-0.4, -0.2) is 33.5 Å². The third kappa shape index (κ3) is 4.59. The number of amides is 1. The molecule has 1 unspecified atom stereocenters. The predicted molar refractivity (Wildman–Crippen MR) is 97.0 cm³/mol. The van der Waals surface area contributed by atoms with Gasteiger partial charge >= 0.3 is 0 Å². The molecule has 1 saturated heterocycles. The Morgan fingerprint density at radius 3 is 2.42 bits per heavy atom. The molecular weight excluding hydrogens is 357 g/mol. The Bertz CT molecular complexity index is 862. The van der Waals surface area contributed by atoms with Gasteiger partial charge in [-0.3, -0.25) is 9.52 Å². The highest BCUT2D eigenvalue weighted by atomic mass is 32.2. The van der Waals surface area contributed by atoms with Gasteiger partial charge in [0, 0.05) is 23.8 Å². The number of anilines is 1. The van der Waals surface area contributed by atoms with Gasteiger partial charge in [-0.1, -0.05) is 0 Å². The lowest BCUT2D eigenvalue weighted by Crippen LogP contribution is -2.37. The summed E-state index contributed by atoms with van der Waals surface area (Å²) < 4.78 is 40.0. The number of halogens is 1. The first-order valence-electron chi connectivity index (χ1n) is 8.34. The highest BCUT2D eigenvalue weighted by Crippen LogP contribution is 2.17. The van der Waals surface area contributed by atoms with Crippen LogP contribution in [0, 0.1) is 5.82 Å². The maximum Gasteiger partial charge on any atom is 0.261 e. The molecule has 6 nitrogen and oxygen atoms in total. The number of nitrogens with one attached hydrogen (secondary N) is 3. The molecular formula is C18H20FN3O3S. The minimum Gasteiger partial charge on any atom is -0.350 e. The van der Waals surface area contributed by atoms with Gasteiger partial charge in [0.25, 0.3) is 15.9 Å². The Morgan fingerprint density at radius 1 is 1.12 bits per heavy atom. The highest BCUT2D eigenvalue weighted by molar-refractivity contribution is 7.92. The zero-order valence-corrected chi connectivity index (χ0v) is 14.9. The van der Waals surface area contributed by atoms with Crippen LogP contribution in [0.1, 0.15) is 23.2 Å². The van der Waals surface area contributed by atoms with E-state index in [9.17, 15) is 17.6 Å². The van der Waals surface area contributed by atoms with Gasteiger partial charge in [-0.25, -0.2) is 12.8 Å². The topological polar surface area (TPSA) is 87.3 Å². The smallest absolute Gasteiger partial charge is 0.261 e. The molecule has 0 aromatic heterocycles. The third-order valence-electron chi connectivity index (χ3n) is 4.19. The lowest BCUT2D eigenvalue weighted by molar-refractivity contribution is 0.0950. The van der Waals surface area contributed by atoms with Crippen molar-refractivity contribution in [1.82, 2.24) is 10.6 Å². The van der Waals surface area contributed by atoms with Crippen LogP contribution in [0.25, 0.3) is 0 Å². The van der Waals surface area contributed by atoms with E-state index in [4.69, 9.17) is 0 Å². The SMILES string of the molecule is O=C(NCC1CCCN1)c1ccc(S(=O)(=O)Nc2ccc(F)cc2)cc1. The largest absolute Gasteiger partial charge is 0.350 e. The van der Waals surface area contributed by atoms with E-state index < -0.39 is 15.8 Å². The summed E-state index contributed by atoms with van der Waals surface area (Å²) in [6.07, 6.45) is 2.14. The Balaban J connectivity index is 1.63. The molecule has 0 spiro atoms. The van der Waals surface area contributed by atoms with Crippen LogP contribution in [0.3, 0.4) is 0 Å². The number of carbonyl (C=O) groups excluding carboxylic acids is 1. The van der Waals surface area contributed by atoms with Crippen molar-refractivity contribution >= 4 is 21.6 Å². The van der Waals surface area contributed by atoms with Crippen LogP contribution in [0.4, 0.5) is 10.1 Å². The fourth-order valence-corrected chi connectivity index (χ4v) is 3.82. The second-order valence-electron chi connectivity index (χ2n) is 6.14. The molecule has 0 aliphatic carbocycles. The average molecular weight is 377 g/mol. The van der Waals surface area contributed by atoms with Crippen molar-refractivity contribution in [2.75, 3.05) is 17.8 Å². The Kier molecular flexibility index (Phi) is 5.53. The summed E-state index contributed by atoms with van der Waals surface area (Å²) in [6.45, 7) is 1.51. The zero-order chi connectivity index (χ0) is 18.6. The van der Waals surface area contributed by atoms with Crippen molar-refractivity contribution in [2.24, 2.45) is 0 Å². The molecule has 3 rings (SSSR count). The molecule has 138 valence electrons. The molecule has 8 heteroatoms. The van der Waals surface area contributed by atoms with Crippen LogP contribution < -0.4 is 15.4 Å². The Labute approximate surface area is 151 Å². The third-order valence-corrected chi connectivity index (χ3v) is 5.59. The lowest BCUT2D eigenvalue weighted by atomic mass is 10.2. The van der Waals surface area contributed by atoms with Crippen molar-refractivity contribution in [2.45, 2.75) is 23.8 Å². The molecule has 0 bridgehead atoms. The summed E-state index contributed by atoms with van der Waals surface area (Å²) in [5.74, 6) is -0.690. The summed E-state index contributed by atoms with van der Waals surface area (Å²) in [5.41, 5.74) is 0.654. The molecule has 26 heavy (non-hydrogen) atoms. The summed E-state index contributed by atoms with van der Waals surface area (Å²) in [5, 5.41) is 6.14. The van der Waals surface area contributed by atoms with E-state index in [1.165, 1.54) is 48.5 Å². The van der Waals surface area contributed by atoms with Crippen molar-refractivity contribution < 1.29 is 17.6 Å². The summed E-state index contributed by atoms with van der Waals surface area (Å²) in [4.78, 5) is 12.2. The molecule has 1 aliphatic rings. The first kappa shape index (κ1) is 18.3. The van der Waals surface area contributed by atoms with E-state index in [1.807, 2.05) is 0 Å². The van der Waals surface area contributed by atoms with E-state index in [0.29, 0.717) is 18.2 Å². The van der Waals surface area contributed by atoms with Crippen LogP contribution in [0.15, 0.2) is 53.4 Å². The van der Waals surface area contributed by atoms with Gasteiger partial charge in [0.1, 0.15) is 5.82 Å². The van der Waals surface area contributed by atoms with Gasteiger partial charge in [-0.05, 0) is 67.9 Å². The van der Waals surface area contributed by atoms with E-state index in [1.54, 1.807) is 0 Å². The minimum atomic E-state index is -3.81. The summed E-state index contributed by atoms with van der Waals surface area (Å²) >= 11 is 0. The number of sulfonamides is 1. The van der Waals surface area contributed by atoms with Crippen LogP contribution in [0.2, 0.25) is 0 Å². The van der Waals surface area contributed by atoms with Crippen LogP contribution in [0.5, 0.6) is 0 Å². The predicted octanol–water partition coefficient (Wildman–Crippen LogP) is 2.11. The molecule has 1 fully saturated rings.